The summed E-state index contributed by atoms with van der Waals surface area (Å²) in [6.07, 6.45) is -1.33. The predicted octanol–water partition coefficient (Wildman–Crippen LogP) is 2.85. The lowest BCUT2D eigenvalue weighted by atomic mass is 10.2. The van der Waals surface area contributed by atoms with Crippen molar-refractivity contribution in [1.82, 2.24) is 4.98 Å². The monoisotopic (exact) mass is 246 g/mol. The van der Waals surface area contributed by atoms with Crippen molar-refractivity contribution in [2.75, 3.05) is 0 Å². The highest BCUT2D eigenvalue weighted by Crippen LogP contribution is 2.26. The van der Waals surface area contributed by atoms with Gasteiger partial charge in [0.1, 0.15) is 0 Å². The minimum absolute atomic E-state index is 0.127. The molecule has 0 saturated heterocycles. The Morgan fingerprint density at radius 3 is 2.77 bits per heavy atom. The molecule has 2 nitrogen and oxygen atoms in total. The van der Waals surface area contributed by atoms with E-state index < -0.39 is 6.43 Å². The minimum atomic E-state index is -2.54. The lowest BCUT2D eigenvalue weighted by Crippen LogP contribution is -1.93. The van der Waals surface area contributed by atoms with E-state index in [1.165, 1.54) is 6.07 Å². The first kappa shape index (κ1) is 10.1. The Morgan fingerprint density at radius 2 is 2.31 bits per heavy atom. The molecule has 0 saturated carbocycles. The van der Waals surface area contributed by atoms with Gasteiger partial charge in [-0.25, -0.2) is 8.78 Å². The maximum Gasteiger partial charge on any atom is 0.266 e. The number of hydrogen-bond donors (Lipinski definition) is 0. The molecule has 0 aliphatic heterocycles. The van der Waals surface area contributed by atoms with Crippen LogP contribution in [0.2, 0.25) is 0 Å². The summed E-state index contributed by atoms with van der Waals surface area (Å²) in [5, 5.41) is 8.34. The molecular formula is C8H5BrF2N2. The number of hydrogen-bond acceptors (Lipinski definition) is 2. The van der Waals surface area contributed by atoms with Gasteiger partial charge in [0.15, 0.2) is 0 Å². The van der Waals surface area contributed by atoms with Crippen LogP contribution in [-0.2, 0) is 6.42 Å². The largest absolute Gasteiger partial charge is 0.266 e. The zero-order valence-electron chi connectivity index (χ0n) is 6.47. The normalized spacial score (nSPS) is 10.1. The molecule has 0 fully saturated rings. The molecule has 1 heterocycles. The highest BCUT2D eigenvalue weighted by atomic mass is 79.9. The average molecular weight is 247 g/mol. The summed E-state index contributed by atoms with van der Waals surface area (Å²) in [7, 11) is 0. The molecule has 5 heteroatoms. The zero-order chi connectivity index (χ0) is 9.84. The molecule has 0 aliphatic carbocycles. The maximum absolute atomic E-state index is 12.2. The first-order valence-corrected chi connectivity index (χ1v) is 4.24. The van der Waals surface area contributed by atoms with Crippen molar-refractivity contribution in [2.24, 2.45) is 0 Å². The number of pyridine rings is 1. The fourth-order valence-corrected chi connectivity index (χ4v) is 1.36. The van der Waals surface area contributed by atoms with Crippen molar-refractivity contribution in [3.63, 3.8) is 0 Å². The van der Waals surface area contributed by atoms with E-state index in [0.717, 1.165) is 6.20 Å². The van der Waals surface area contributed by atoms with Crippen LogP contribution in [0.3, 0.4) is 0 Å². The number of rotatable bonds is 2. The van der Waals surface area contributed by atoms with Crippen molar-refractivity contribution in [3.8, 4) is 6.07 Å². The maximum atomic E-state index is 12.2. The summed E-state index contributed by atoms with van der Waals surface area (Å²) in [5.41, 5.74) is 0.334. The van der Waals surface area contributed by atoms with E-state index in [1.807, 2.05) is 6.07 Å². The second-order valence-corrected chi connectivity index (χ2v) is 3.19. The van der Waals surface area contributed by atoms with Crippen LogP contribution in [0, 0.1) is 11.3 Å². The number of aromatic nitrogens is 1. The molecule has 0 spiro atoms. The Hall–Kier alpha value is -1.02. The summed E-state index contributed by atoms with van der Waals surface area (Å²) in [6.45, 7) is 0. The van der Waals surface area contributed by atoms with Crippen LogP contribution < -0.4 is 0 Å². The van der Waals surface area contributed by atoms with E-state index in [-0.39, 0.29) is 12.0 Å². The van der Waals surface area contributed by atoms with Gasteiger partial charge in [0, 0.05) is 10.7 Å². The van der Waals surface area contributed by atoms with Crippen molar-refractivity contribution >= 4 is 15.9 Å². The lowest BCUT2D eigenvalue weighted by molar-refractivity contribution is 0.150. The van der Waals surface area contributed by atoms with Crippen molar-refractivity contribution in [2.45, 2.75) is 12.8 Å². The summed E-state index contributed by atoms with van der Waals surface area (Å²) in [5.74, 6) is 0. The van der Waals surface area contributed by atoms with E-state index >= 15 is 0 Å². The van der Waals surface area contributed by atoms with Gasteiger partial charge in [0.25, 0.3) is 6.43 Å². The van der Waals surface area contributed by atoms with E-state index in [9.17, 15) is 8.78 Å². The Morgan fingerprint density at radius 1 is 1.62 bits per heavy atom. The number of nitriles is 1. The van der Waals surface area contributed by atoms with Crippen LogP contribution in [0.5, 0.6) is 0 Å². The third kappa shape index (κ3) is 2.46. The van der Waals surface area contributed by atoms with Crippen LogP contribution in [0.4, 0.5) is 8.78 Å². The van der Waals surface area contributed by atoms with Gasteiger partial charge in [-0.05, 0) is 6.07 Å². The summed E-state index contributed by atoms with van der Waals surface area (Å²) in [4.78, 5) is 3.72. The molecule has 1 aromatic heterocycles. The van der Waals surface area contributed by atoms with Crippen LogP contribution in [-0.4, -0.2) is 4.98 Å². The lowest BCUT2D eigenvalue weighted by Gasteiger charge is -2.02. The molecule has 0 aromatic carbocycles. The molecular weight excluding hydrogens is 242 g/mol. The van der Waals surface area contributed by atoms with E-state index in [4.69, 9.17) is 5.26 Å². The van der Waals surface area contributed by atoms with E-state index in [1.54, 1.807) is 0 Å². The van der Waals surface area contributed by atoms with Gasteiger partial charge >= 0.3 is 0 Å². The standard InChI is InChI=1S/C8H5BrF2N2/c9-7-3-5(1-2-12)13-4-6(7)8(10)11/h3-4,8H,1H2. The zero-order valence-corrected chi connectivity index (χ0v) is 8.05. The third-order valence-corrected chi connectivity index (χ3v) is 2.12. The molecule has 0 aliphatic rings. The second kappa shape index (κ2) is 4.28. The molecule has 0 atom stereocenters. The molecule has 1 aromatic rings. The first-order chi connectivity index (χ1) is 6.15. The molecule has 0 N–H and O–H groups in total. The van der Waals surface area contributed by atoms with E-state index in [0.29, 0.717) is 10.2 Å². The Kier molecular flexibility index (Phi) is 3.32. The number of nitrogens with zero attached hydrogens (tertiary/aromatic N) is 2. The fraction of sp³-hybridized carbons (Fsp3) is 0.250. The highest BCUT2D eigenvalue weighted by molar-refractivity contribution is 9.10. The molecule has 68 valence electrons. The van der Waals surface area contributed by atoms with Crippen LogP contribution >= 0.6 is 15.9 Å². The van der Waals surface area contributed by atoms with E-state index in [2.05, 4.69) is 20.9 Å². The predicted molar refractivity (Wildman–Crippen MR) is 46.2 cm³/mol. The van der Waals surface area contributed by atoms with Gasteiger partial charge in [-0.3, -0.25) is 4.98 Å². The smallest absolute Gasteiger partial charge is 0.260 e. The molecule has 1 rings (SSSR count). The summed E-state index contributed by atoms with van der Waals surface area (Å²) < 4.78 is 24.7. The average Bonchev–Trinajstić information content (AvgIpc) is 2.04. The summed E-state index contributed by atoms with van der Waals surface area (Å²) >= 11 is 2.99. The molecule has 0 unspecified atom stereocenters. The molecule has 0 radical (unpaired) electrons. The molecule has 13 heavy (non-hydrogen) atoms. The highest BCUT2D eigenvalue weighted by Gasteiger charge is 2.12. The second-order valence-electron chi connectivity index (χ2n) is 2.33. The minimum Gasteiger partial charge on any atom is -0.260 e. The summed E-state index contributed by atoms with van der Waals surface area (Å²) in [6, 6.07) is 3.32. The van der Waals surface area contributed by atoms with Gasteiger partial charge < -0.3 is 0 Å². The van der Waals surface area contributed by atoms with Gasteiger partial charge in [0.2, 0.25) is 0 Å². The van der Waals surface area contributed by atoms with Gasteiger partial charge in [0.05, 0.1) is 23.7 Å². The fourth-order valence-electron chi connectivity index (χ4n) is 0.819. The van der Waals surface area contributed by atoms with Crippen molar-refractivity contribution in [3.05, 3.63) is 28.0 Å². The van der Waals surface area contributed by atoms with Crippen LogP contribution in [0.1, 0.15) is 17.7 Å². The van der Waals surface area contributed by atoms with Crippen LogP contribution in [0.25, 0.3) is 0 Å². The van der Waals surface area contributed by atoms with Gasteiger partial charge in [-0.15, -0.1) is 0 Å². The topological polar surface area (TPSA) is 36.7 Å². The quantitative estimate of drug-likeness (QED) is 0.805. The van der Waals surface area contributed by atoms with Crippen molar-refractivity contribution in [1.29, 1.82) is 5.26 Å². The Bertz CT molecular complexity index is 346. The SMILES string of the molecule is N#CCc1cc(Br)c(C(F)F)cn1. The number of alkyl halides is 2. The number of halogens is 3. The Balaban J connectivity index is 3.00. The van der Waals surface area contributed by atoms with Crippen molar-refractivity contribution < 1.29 is 8.78 Å². The van der Waals surface area contributed by atoms with Gasteiger partial charge in [-0.2, -0.15) is 5.26 Å². The van der Waals surface area contributed by atoms with Gasteiger partial charge in [-0.1, -0.05) is 15.9 Å². The molecule has 0 amide bonds. The third-order valence-electron chi connectivity index (χ3n) is 1.43. The first-order valence-electron chi connectivity index (χ1n) is 3.44. The molecule has 0 bridgehead atoms. The Labute approximate surface area is 82.3 Å². The van der Waals surface area contributed by atoms with Crippen LogP contribution in [0.15, 0.2) is 16.7 Å².